The number of nitro groups is 1. The highest BCUT2D eigenvalue weighted by Crippen LogP contribution is 2.18. The van der Waals surface area contributed by atoms with Crippen molar-refractivity contribution < 1.29 is 10.0 Å². The molecule has 1 aromatic rings. The van der Waals surface area contributed by atoms with Gasteiger partial charge in [-0.1, -0.05) is 13.8 Å². The van der Waals surface area contributed by atoms with Crippen LogP contribution in [0.3, 0.4) is 0 Å². The second-order valence-electron chi connectivity index (χ2n) is 5.44. The maximum absolute atomic E-state index is 10.5. The van der Waals surface area contributed by atoms with E-state index in [1.54, 1.807) is 6.92 Å². The van der Waals surface area contributed by atoms with Crippen LogP contribution in [0.1, 0.15) is 33.6 Å². The van der Waals surface area contributed by atoms with Crippen molar-refractivity contribution in [3.63, 3.8) is 0 Å². The van der Waals surface area contributed by atoms with Gasteiger partial charge in [0.1, 0.15) is 12.0 Å². The summed E-state index contributed by atoms with van der Waals surface area (Å²) in [6.07, 6.45) is 2.85. The van der Waals surface area contributed by atoms with Gasteiger partial charge in [0.15, 0.2) is 0 Å². The second kappa shape index (κ2) is 6.47. The predicted octanol–water partition coefficient (Wildman–Crippen LogP) is 2.59. The van der Waals surface area contributed by atoms with Gasteiger partial charge in [0, 0.05) is 12.6 Å². The predicted molar refractivity (Wildman–Crippen MR) is 74.1 cm³/mol. The van der Waals surface area contributed by atoms with Gasteiger partial charge in [-0.2, -0.15) is 0 Å². The lowest BCUT2D eigenvalue weighted by Gasteiger charge is -2.24. The van der Waals surface area contributed by atoms with Gasteiger partial charge in [-0.05, 0) is 31.7 Å². The molecule has 0 saturated carbocycles. The van der Waals surface area contributed by atoms with Crippen molar-refractivity contribution in [1.29, 1.82) is 0 Å². The molecule has 19 heavy (non-hydrogen) atoms. The van der Waals surface area contributed by atoms with Gasteiger partial charge in [-0.25, -0.2) is 4.98 Å². The number of nitrogens with zero attached hydrogens (tertiary/aromatic N) is 2. The minimum Gasteiger partial charge on any atom is -0.388 e. The molecule has 0 saturated heterocycles. The standard InChI is InChI=1S/C13H21N3O3/c1-10(2)6-7-13(3,17)9-15-12-5-4-11(8-14-12)16(18)19/h4-5,8,10,17H,6-7,9H2,1-3H3,(H,14,15). The minimum atomic E-state index is -0.812. The first-order chi connectivity index (χ1) is 8.80. The Kier molecular flexibility index (Phi) is 5.23. The molecule has 0 bridgehead atoms. The molecule has 0 radical (unpaired) electrons. The summed E-state index contributed by atoms with van der Waals surface area (Å²) in [6.45, 7) is 6.36. The smallest absolute Gasteiger partial charge is 0.287 e. The molecule has 6 nitrogen and oxygen atoms in total. The average molecular weight is 267 g/mol. The lowest BCUT2D eigenvalue weighted by Crippen LogP contribution is -2.33. The Morgan fingerprint density at radius 2 is 2.21 bits per heavy atom. The molecular formula is C13H21N3O3. The van der Waals surface area contributed by atoms with Crippen molar-refractivity contribution in [1.82, 2.24) is 4.98 Å². The van der Waals surface area contributed by atoms with E-state index in [4.69, 9.17) is 0 Å². The second-order valence-corrected chi connectivity index (χ2v) is 5.44. The quantitative estimate of drug-likeness (QED) is 0.585. The third-order valence-electron chi connectivity index (χ3n) is 2.87. The van der Waals surface area contributed by atoms with Crippen LogP contribution < -0.4 is 5.32 Å². The van der Waals surface area contributed by atoms with E-state index in [2.05, 4.69) is 24.1 Å². The number of rotatable bonds is 7. The van der Waals surface area contributed by atoms with Crippen molar-refractivity contribution in [3.8, 4) is 0 Å². The van der Waals surface area contributed by atoms with E-state index in [9.17, 15) is 15.2 Å². The molecule has 1 atom stereocenters. The molecule has 0 aliphatic heterocycles. The first-order valence-corrected chi connectivity index (χ1v) is 6.37. The highest BCUT2D eigenvalue weighted by Gasteiger charge is 2.20. The third kappa shape index (κ3) is 5.65. The van der Waals surface area contributed by atoms with Crippen molar-refractivity contribution in [3.05, 3.63) is 28.4 Å². The Morgan fingerprint density at radius 3 is 2.68 bits per heavy atom. The summed E-state index contributed by atoms with van der Waals surface area (Å²) in [6, 6.07) is 2.93. The fourth-order valence-corrected chi connectivity index (χ4v) is 1.57. The monoisotopic (exact) mass is 267 g/mol. The Bertz CT molecular complexity index is 416. The number of hydrogen-bond donors (Lipinski definition) is 2. The Morgan fingerprint density at radius 1 is 1.53 bits per heavy atom. The number of pyridine rings is 1. The molecule has 0 aliphatic rings. The van der Waals surface area contributed by atoms with Crippen LogP contribution in [-0.4, -0.2) is 27.2 Å². The summed E-state index contributed by atoms with van der Waals surface area (Å²) in [5, 5.41) is 23.6. The molecule has 1 aromatic heterocycles. The number of anilines is 1. The van der Waals surface area contributed by atoms with E-state index in [0.717, 1.165) is 6.42 Å². The van der Waals surface area contributed by atoms with Gasteiger partial charge in [0.05, 0.1) is 10.5 Å². The zero-order valence-corrected chi connectivity index (χ0v) is 11.6. The van der Waals surface area contributed by atoms with Crippen molar-refractivity contribution >= 4 is 11.5 Å². The number of aromatic nitrogens is 1. The molecule has 0 aliphatic carbocycles. The maximum atomic E-state index is 10.5. The molecule has 0 fully saturated rings. The van der Waals surface area contributed by atoms with Gasteiger partial charge in [-0.3, -0.25) is 10.1 Å². The molecule has 1 heterocycles. The molecular weight excluding hydrogens is 246 g/mol. The first kappa shape index (κ1) is 15.4. The lowest BCUT2D eigenvalue weighted by molar-refractivity contribution is -0.385. The van der Waals surface area contributed by atoms with Crippen molar-refractivity contribution in [2.75, 3.05) is 11.9 Å². The largest absolute Gasteiger partial charge is 0.388 e. The van der Waals surface area contributed by atoms with Crippen LogP contribution in [0, 0.1) is 16.0 Å². The minimum absolute atomic E-state index is 0.0443. The summed E-state index contributed by atoms with van der Waals surface area (Å²) < 4.78 is 0. The Hall–Kier alpha value is -1.69. The maximum Gasteiger partial charge on any atom is 0.287 e. The lowest BCUT2D eigenvalue weighted by atomic mass is 9.95. The Balaban J connectivity index is 2.49. The fraction of sp³-hybridized carbons (Fsp3) is 0.615. The summed E-state index contributed by atoms with van der Waals surface area (Å²) in [4.78, 5) is 13.9. The zero-order valence-electron chi connectivity index (χ0n) is 11.6. The van der Waals surface area contributed by atoms with Crippen LogP contribution in [-0.2, 0) is 0 Å². The third-order valence-corrected chi connectivity index (χ3v) is 2.87. The molecule has 6 heteroatoms. The van der Waals surface area contributed by atoms with Gasteiger partial charge >= 0.3 is 0 Å². The fourth-order valence-electron chi connectivity index (χ4n) is 1.57. The highest BCUT2D eigenvalue weighted by atomic mass is 16.6. The van der Waals surface area contributed by atoms with Gasteiger partial charge in [-0.15, -0.1) is 0 Å². The molecule has 1 rings (SSSR count). The van der Waals surface area contributed by atoms with E-state index in [1.807, 2.05) is 0 Å². The molecule has 1 unspecified atom stereocenters. The molecule has 2 N–H and O–H groups in total. The normalized spacial score (nSPS) is 14.2. The zero-order chi connectivity index (χ0) is 14.5. The van der Waals surface area contributed by atoms with Crippen LogP contribution in [0.25, 0.3) is 0 Å². The van der Waals surface area contributed by atoms with E-state index >= 15 is 0 Å². The van der Waals surface area contributed by atoms with Gasteiger partial charge in [0.2, 0.25) is 0 Å². The molecule has 0 spiro atoms. The van der Waals surface area contributed by atoms with Gasteiger partial charge in [0.25, 0.3) is 5.69 Å². The van der Waals surface area contributed by atoms with E-state index < -0.39 is 10.5 Å². The van der Waals surface area contributed by atoms with Crippen molar-refractivity contribution in [2.24, 2.45) is 5.92 Å². The summed E-state index contributed by atoms with van der Waals surface area (Å²) in [5.74, 6) is 1.07. The van der Waals surface area contributed by atoms with Crippen LogP contribution in [0.2, 0.25) is 0 Å². The molecule has 0 amide bonds. The summed E-state index contributed by atoms with van der Waals surface area (Å²) >= 11 is 0. The van der Waals surface area contributed by atoms with Crippen LogP contribution >= 0.6 is 0 Å². The van der Waals surface area contributed by atoms with E-state index in [0.29, 0.717) is 24.7 Å². The summed E-state index contributed by atoms with van der Waals surface area (Å²) in [7, 11) is 0. The van der Waals surface area contributed by atoms with Gasteiger partial charge < -0.3 is 10.4 Å². The molecule has 0 aromatic carbocycles. The number of hydrogen-bond acceptors (Lipinski definition) is 5. The van der Waals surface area contributed by atoms with Crippen LogP contribution in [0.5, 0.6) is 0 Å². The van der Waals surface area contributed by atoms with Crippen molar-refractivity contribution in [2.45, 2.75) is 39.2 Å². The van der Waals surface area contributed by atoms with Crippen LogP contribution in [0.15, 0.2) is 18.3 Å². The highest BCUT2D eigenvalue weighted by molar-refractivity contribution is 5.40. The van der Waals surface area contributed by atoms with Crippen LogP contribution in [0.4, 0.5) is 11.5 Å². The van der Waals surface area contributed by atoms with E-state index in [1.165, 1.54) is 18.3 Å². The number of aliphatic hydroxyl groups is 1. The SMILES string of the molecule is CC(C)CCC(C)(O)CNc1ccc([N+](=O)[O-])cn1. The first-order valence-electron chi connectivity index (χ1n) is 6.37. The Labute approximate surface area is 113 Å². The average Bonchev–Trinajstić information content (AvgIpc) is 2.35. The summed E-state index contributed by atoms with van der Waals surface area (Å²) in [5.41, 5.74) is -0.856. The van der Waals surface area contributed by atoms with E-state index in [-0.39, 0.29) is 5.69 Å². The number of nitrogens with one attached hydrogen (secondary N) is 1. The molecule has 106 valence electrons. The topological polar surface area (TPSA) is 88.3 Å².